The number of aromatic amines is 1. The van der Waals surface area contributed by atoms with Gasteiger partial charge in [0.05, 0.1) is 12.0 Å². The number of hydrogen-bond donors (Lipinski definition) is 5. The van der Waals surface area contributed by atoms with Crippen LogP contribution >= 0.6 is 0 Å². The molecule has 112 valence electrons. The molecule has 0 spiro atoms. The molecule has 0 radical (unpaired) electrons. The molecule has 0 aliphatic heterocycles. The van der Waals surface area contributed by atoms with Gasteiger partial charge in [-0.3, -0.25) is 9.59 Å². The van der Waals surface area contributed by atoms with Gasteiger partial charge >= 0.3 is 5.97 Å². The number of hydrogen-bond acceptors (Lipinski definition) is 5. The smallest absolute Gasteiger partial charge is 0.326 e. The molecule has 0 fully saturated rings. The molecule has 1 rings (SSSR count). The molecule has 0 bridgehead atoms. The number of aliphatic carboxylic acids is 1. The van der Waals surface area contributed by atoms with Gasteiger partial charge < -0.3 is 26.9 Å². The first-order valence-corrected chi connectivity index (χ1v) is 5.73. The van der Waals surface area contributed by atoms with Gasteiger partial charge in [-0.15, -0.1) is 0 Å². The van der Waals surface area contributed by atoms with Gasteiger partial charge in [-0.2, -0.15) is 0 Å². The second-order valence-corrected chi connectivity index (χ2v) is 3.96. The molecule has 0 aromatic carbocycles. The molecule has 0 saturated heterocycles. The lowest BCUT2D eigenvalue weighted by Gasteiger charge is -2.13. The fraction of sp³-hybridized carbons (Fsp3) is 0.455. The number of nitrogens with one attached hydrogen (secondary N) is 3. The van der Waals surface area contributed by atoms with Crippen LogP contribution in [-0.4, -0.2) is 45.4 Å². The minimum atomic E-state index is -1.13. The molecule has 20 heavy (non-hydrogen) atoms. The van der Waals surface area contributed by atoms with E-state index in [2.05, 4.69) is 20.6 Å². The van der Waals surface area contributed by atoms with Crippen LogP contribution in [0.15, 0.2) is 12.5 Å². The Morgan fingerprint density at radius 3 is 2.65 bits per heavy atom. The summed E-state index contributed by atoms with van der Waals surface area (Å²) in [7, 11) is 0. The molecule has 2 amide bonds. The van der Waals surface area contributed by atoms with Crippen LogP contribution in [-0.2, 0) is 20.8 Å². The molecule has 1 heterocycles. The lowest BCUT2D eigenvalue weighted by atomic mass is 10.1. The quantitative estimate of drug-likeness (QED) is 0.441. The zero-order valence-corrected chi connectivity index (χ0v) is 11.2. The van der Waals surface area contributed by atoms with Crippen molar-refractivity contribution < 1.29 is 19.5 Å². The highest BCUT2D eigenvalue weighted by Gasteiger charge is 2.20. The van der Waals surface area contributed by atoms with Gasteiger partial charge in [-0.1, -0.05) is 0 Å². The first-order valence-electron chi connectivity index (χ1n) is 5.73. The fourth-order valence-electron chi connectivity index (χ4n) is 1.43. The molecular weight excluding hydrogens is 266 g/mol. The first-order chi connectivity index (χ1) is 8.99. The van der Waals surface area contributed by atoms with Crippen molar-refractivity contribution in [3.63, 3.8) is 0 Å². The topological polar surface area (TPSA) is 159 Å². The molecule has 9 nitrogen and oxygen atoms in total. The van der Waals surface area contributed by atoms with Crippen molar-refractivity contribution in [3.05, 3.63) is 18.2 Å². The lowest BCUT2D eigenvalue weighted by Crippen LogP contribution is -2.43. The molecule has 1 atom stereocenters. The Morgan fingerprint density at radius 2 is 2.15 bits per heavy atom. The number of nitrogens with zero attached hydrogens (tertiary/aromatic N) is 1. The second kappa shape index (κ2) is 8.64. The number of carbonyl (C=O) groups excluding carboxylic acids is 2. The average molecular weight is 285 g/mol. The Kier molecular flexibility index (Phi) is 7.60. The average Bonchev–Trinajstić information content (AvgIpc) is 2.80. The van der Waals surface area contributed by atoms with Crippen molar-refractivity contribution in [1.82, 2.24) is 26.8 Å². The number of carboxylic acid groups (broad SMARTS) is 1. The number of carboxylic acids is 1. The van der Waals surface area contributed by atoms with Crippen LogP contribution in [0.4, 0.5) is 0 Å². The molecular formula is C11H19N5O4. The third kappa shape index (κ3) is 6.50. The van der Waals surface area contributed by atoms with E-state index in [-0.39, 0.29) is 31.4 Å². The summed E-state index contributed by atoms with van der Waals surface area (Å²) >= 11 is 0. The summed E-state index contributed by atoms with van der Waals surface area (Å²) in [5.74, 6) is -1.80. The van der Waals surface area contributed by atoms with E-state index in [1.54, 1.807) is 6.20 Å². The van der Waals surface area contributed by atoms with Crippen LogP contribution in [0.2, 0.25) is 0 Å². The zero-order valence-electron chi connectivity index (χ0n) is 11.2. The molecule has 0 saturated carbocycles. The number of carbonyl (C=O) groups is 3. The third-order valence-electron chi connectivity index (χ3n) is 2.33. The molecule has 0 aliphatic rings. The Morgan fingerprint density at radius 1 is 1.45 bits per heavy atom. The summed E-state index contributed by atoms with van der Waals surface area (Å²) in [6.07, 6.45) is 3.14. The van der Waals surface area contributed by atoms with Crippen LogP contribution in [0.25, 0.3) is 0 Å². The Labute approximate surface area is 115 Å². The van der Waals surface area contributed by atoms with Crippen molar-refractivity contribution in [2.45, 2.75) is 25.8 Å². The summed E-state index contributed by atoms with van der Waals surface area (Å²) in [6.45, 7) is 1.52. The van der Waals surface area contributed by atoms with Crippen molar-refractivity contribution in [2.24, 2.45) is 0 Å². The highest BCUT2D eigenvalue weighted by molar-refractivity contribution is 5.84. The predicted octanol–water partition coefficient (Wildman–Crippen LogP) is -0.790. The van der Waals surface area contributed by atoms with Gasteiger partial charge in [-0.25, -0.2) is 9.78 Å². The van der Waals surface area contributed by atoms with Gasteiger partial charge in [0.15, 0.2) is 0 Å². The Bertz CT molecular complexity index is 446. The van der Waals surface area contributed by atoms with Crippen molar-refractivity contribution >= 4 is 17.8 Å². The summed E-state index contributed by atoms with van der Waals surface area (Å²) < 4.78 is 0. The Hall–Kier alpha value is -2.42. The minimum absolute atomic E-state index is 0. The van der Waals surface area contributed by atoms with Crippen molar-refractivity contribution in [1.29, 1.82) is 0 Å². The highest BCUT2D eigenvalue weighted by atomic mass is 16.4. The van der Waals surface area contributed by atoms with Crippen LogP contribution in [0.1, 0.15) is 19.0 Å². The van der Waals surface area contributed by atoms with Gasteiger partial charge in [0.1, 0.15) is 6.04 Å². The van der Waals surface area contributed by atoms with Crippen molar-refractivity contribution in [2.75, 3.05) is 6.54 Å². The molecule has 1 aromatic heterocycles. The van der Waals surface area contributed by atoms with Crippen LogP contribution in [0.5, 0.6) is 0 Å². The Balaban J connectivity index is 0.00000361. The van der Waals surface area contributed by atoms with Gasteiger partial charge in [0.25, 0.3) is 0 Å². The normalized spacial score (nSPS) is 11.1. The number of amides is 2. The first kappa shape index (κ1) is 17.6. The summed E-state index contributed by atoms with van der Waals surface area (Å²) in [6, 6.07) is -1.03. The lowest BCUT2D eigenvalue weighted by molar-refractivity contribution is -0.141. The van der Waals surface area contributed by atoms with Crippen LogP contribution in [0.3, 0.4) is 0 Å². The van der Waals surface area contributed by atoms with E-state index in [0.29, 0.717) is 5.69 Å². The molecule has 0 aliphatic carbocycles. The van der Waals surface area contributed by atoms with Gasteiger partial charge in [-0.05, 0) is 0 Å². The standard InChI is InChI=1S/C11H16N4O4.H3N/c1-7(16)13-3-2-10(17)15-9(11(18)19)4-8-5-12-6-14-8;/h5-6,9H,2-4H2,1H3,(H,12,14)(H,13,16)(H,15,17)(H,18,19);1H3/t9-;/m0./s1. The van der Waals surface area contributed by atoms with E-state index in [9.17, 15) is 14.4 Å². The van der Waals surface area contributed by atoms with Gasteiger partial charge in [0.2, 0.25) is 11.8 Å². The summed E-state index contributed by atoms with van der Waals surface area (Å²) in [5, 5.41) is 13.9. The maximum atomic E-state index is 11.5. The number of imidazole rings is 1. The molecule has 0 unspecified atom stereocenters. The van der Waals surface area contributed by atoms with E-state index in [1.165, 1.54) is 13.3 Å². The van der Waals surface area contributed by atoms with Crippen LogP contribution < -0.4 is 16.8 Å². The minimum Gasteiger partial charge on any atom is -0.480 e. The van der Waals surface area contributed by atoms with E-state index in [4.69, 9.17) is 5.11 Å². The summed E-state index contributed by atoms with van der Waals surface area (Å²) in [5.41, 5.74) is 0.551. The van der Waals surface area contributed by atoms with E-state index in [1.807, 2.05) is 0 Å². The third-order valence-corrected chi connectivity index (χ3v) is 2.33. The SMILES string of the molecule is CC(=O)NCCC(=O)N[C@@H](Cc1c[nH]cn1)C(=O)O.N. The molecule has 9 heteroatoms. The number of H-pyrrole nitrogens is 1. The number of aromatic nitrogens is 2. The molecule has 7 N–H and O–H groups in total. The van der Waals surface area contributed by atoms with Crippen molar-refractivity contribution in [3.8, 4) is 0 Å². The largest absolute Gasteiger partial charge is 0.480 e. The summed E-state index contributed by atoms with van der Waals surface area (Å²) in [4.78, 5) is 39.8. The predicted molar refractivity (Wildman–Crippen MR) is 70.2 cm³/mol. The molecule has 1 aromatic rings. The number of rotatable bonds is 7. The van der Waals surface area contributed by atoms with E-state index >= 15 is 0 Å². The monoisotopic (exact) mass is 285 g/mol. The van der Waals surface area contributed by atoms with Crippen LogP contribution in [0, 0.1) is 0 Å². The van der Waals surface area contributed by atoms with Gasteiger partial charge in [0, 0.05) is 32.5 Å². The fourth-order valence-corrected chi connectivity index (χ4v) is 1.43. The highest BCUT2D eigenvalue weighted by Crippen LogP contribution is 1.99. The maximum absolute atomic E-state index is 11.5. The maximum Gasteiger partial charge on any atom is 0.326 e. The van der Waals surface area contributed by atoms with E-state index < -0.39 is 17.9 Å². The van der Waals surface area contributed by atoms with E-state index in [0.717, 1.165) is 0 Å². The zero-order chi connectivity index (χ0) is 14.3. The second-order valence-electron chi connectivity index (χ2n) is 3.96.